The van der Waals surface area contributed by atoms with Gasteiger partial charge in [-0.3, -0.25) is 4.79 Å². The van der Waals surface area contributed by atoms with Gasteiger partial charge in [0.1, 0.15) is 11.5 Å². The van der Waals surface area contributed by atoms with Gasteiger partial charge in [-0.25, -0.2) is 0 Å². The van der Waals surface area contributed by atoms with Crippen LogP contribution < -0.4 is 20.8 Å². The Kier molecular flexibility index (Phi) is 2.01. The van der Waals surface area contributed by atoms with Gasteiger partial charge in [0.15, 0.2) is 0 Å². The van der Waals surface area contributed by atoms with E-state index in [-0.39, 0.29) is 5.56 Å². The first-order valence-electron chi connectivity index (χ1n) is 5.36. The zero-order valence-corrected chi connectivity index (χ0v) is 9.37. The van der Waals surface area contributed by atoms with Crippen LogP contribution in [0.1, 0.15) is 5.56 Å². The molecule has 3 rings (SSSR count). The van der Waals surface area contributed by atoms with Crippen molar-refractivity contribution >= 4 is 16.6 Å². The Hall–Kier alpha value is -2.17. The lowest BCUT2D eigenvalue weighted by Crippen LogP contribution is -2.11. The van der Waals surface area contributed by atoms with E-state index in [4.69, 9.17) is 15.2 Å². The van der Waals surface area contributed by atoms with Crippen LogP contribution in [-0.2, 0) is 6.42 Å². The van der Waals surface area contributed by atoms with Crippen molar-refractivity contribution in [2.45, 2.75) is 6.42 Å². The summed E-state index contributed by atoms with van der Waals surface area (Å²) in [7, 11) is 1.54. The second kappa shape index (κ2) is 3.41. The highest BCUT2D eigenvalue weighted by Crippen LogP contribution is 2.36. The number of aromatic amines is 1. The average molecular weight is 232 g/mol. The van der Waals surface area contributed by atoms with Gasteiger partial charge in [-0.15, -0.1) is 0 Å². The molecule has 2 heterocycles. The predicted octanol–water partition coefficient (Wildman–Crippen LogP) is 1.05. The van der Waals surface area contributed by atoms with Gasteiger partial charge < -0.3 is 20.2 Å². The molecular weight excluding hydrogens is 220 g/mol. The second-order valence-corrected chi connectivity index (χ2v) is 3.96. The molecule has 2 aromatic rings. The lowest BCUT2D eigenvalue weighted by Gasteiger charge is -2.10. The molecule has 1 aromatic heterocycles. The van der Waals surface area contributed by atoms with Crippen LogP contribution in [-0.4, -0.2) is 18.7 Å². The maximum absolute atomic E-state index is 11.8. The molecule has 0 aliphatic carbocycles. The summed E-state index contributed by atoms with van der Waals surface area (Å²) >= 11 is 0. The molecule has 0 saturated carbocycles. The number of hydrogen-bond acceptors (Lipinski definition) is 4. The number of methoxy groups -OCH3 is 1. The molecule has 5 nitrogen and oxygen atoms in total. The smallest absolute Gasteiger partial charge is 0.255 e. The molecule has 3 N–H and O–H groups in total. The van der Waals surface area contributed by atoms with Crippen molar-refractivity contribution in [3.63, 3.8) is 0 Å². The van der Waals surface area contributed by atoms with E-state index < -0.39 is 0 Å². The lowest BCUT2D eigenvalue weighted by molar-refractivity contribution is 0.360. The zero-order chi connectivity index (χ0) is 12.0. The maximum Gasteiger partial charge on any atom is 0.255 e. The van der Waals surface area contributed by atoms with Gasteiger partial charge in [0.05, 0.1) is 30.5 Å². The van der Waals surface area contributed by atoms with Crippen LogP contribution in [0, 0.1) is 0 Å². The van der Waals surface area contributed by atoms with Crippen molar-refractivity contribution in [1.82, 2.24) is 4.98 Å². The molecule has 0 spiro atoms. The largest absolute Gasteiger partial charge is 0.495 e. The monoisotopic (exact) mass is 232 g/mol. The highest BCUT2D eigenvalue weighted by molar-refractivity contribution is 5.97. The van der Waals surface area contributed by atoms with Gasteiger partial charge in [0.2, 0.25) is 0 Å². The van der Waals surface area contributed by atoms with E-state index in [1.165, 1.54) is 0 Å². The Morgan fingerprint density at radius 1 is 1.47 bits per heavy atom. The maximum atomic E-state index is 11.8. The molecule has 1 aliphatic heterocycles. The quantitative estimate of drug-likeness (QED) is 0.720. The molecular formula is C12H12N2O3. The van der Waals surface area contributed by atoms with Gasteiger partial charge >= 0.3 is 0 Å². The summed E-state index contributed by atoms with van der Waals surface area (Å²) in [5, 5.41) is 0.829. The van der Waals surface area contributed by atoms with Gasteiger partial charge in [-0.05, 0) is 12.1 Å². The number of rotatable bonds is 1. The summed E-state index contributed by atoms with van der Waals surface area (Å²) in [6, 6.07) is 3.63. The molecule has 0 radical (unpaired) electrons. The van der Waals surface area contributed by atoms with Crippen LogP contribution in [0.25, 0.3) is 10.9 Å². The van der Waals surface area contributed by atoms with Crippen LogP contribution in [0.3, 0.4) is 0 Å². The summed E-state index contributed by atoms with van der Waals surface area (Å²) in [6.45, 7) is 0.545. The highest BCUT2D eigenvalue weighted by atomic mass is 16.5. The Morgan fingerprint density at radius 2 is 2.29 bits per heavy atom. The van der Waals surface area contributed by atoms with E-state index in [0.717, 1.165) is 5.39 Å². The fraction of sp³-hybridized carbons (Fsp3) is 0.250. The Morgan fingerprint density at radius 3 is 3.06 bits per heavy atom. The van der Waals surface area contributed by atoms with Crippen LogP contribution >= 0.6 is 0 Å². The number of nitrogen functional groups attached to an aromatic ring is 1. The SMILES string of the molecule is COc1ccc2c3c(c(=O)[nH]c2c1N)CCO3. The summed E-state index contributed by atoms with van der Waals surface area (Å²) in [4.78, 5) is 14.6. The third-order valence-corrected chi connectivity index (χ3v) is 3.06. The summed E-state index contributed by atoms with van der Waals surface area (Å²) in [5.41, 5.74) is 7.51. The summed E-state index contributed by atoms with van der Waals surface area (Å²) in [6.07, 6.45) is 0.645. The predicted molar refractivity (Wildman–Crippen MR) is 64.7 cm³/mol. The van der Waals surface area contributed by atoms with Crippen molar-refractivity contribution in [3.8, 4) is 11.5 Å². The number of fused-ring (bicyclic) bond motifs is 3. The molecule has 0 saturated heterocycles. The number of anilines is 1. The standard InChI is InChI=1S/C12H12N2O3/c1-16-8-3-2-6-10(9(8)13)14-12(15)7-4-5-17-11(6)7/h2-3H,4-5,13H2,1H3,(H,14,15). The summed E-state index contributed by atoms with van der Waals surface area (Å²) in [5.74, 6) is 1.20. The molecule has 0 fully saturated rings. The first kappa shape index (κ1) is 10.0. The van der Waals surface area contributed by atoms with Crippen molar-refractivity contribution in [1.29, 1.82) is 0 Å². The minimum absolute atomic E-state index is 0.134. The molecule has 1 aromatic carbocycles. The molecule has 1 aliphatic rings. The first-order valence-corrected chi connectivity index (χ1v) is 5.36. The molecule has 88 valence electrons. The minimum Gasteiger partial charge on any atom is -0.495 e. The molecule has 0 amide bonds. The van der Waals surface area contributed by atoms with E-state index in [0.29, 0.717) is 41.3 Å². The van der Waals surface area contributed by atoms with Crippen LogP contribution in [0.2, 0.25) is 0 Å². The lowest BCUT2D eigenvalue weighted by atomic mass is 10.1. The van der Waals surface area contributed by atoms with Gasteiger partial charge in [-0.1, -0.05) is 0 Å². The number of pyridine rings is 1. The van der Waals surface area contributed by atoms with Crippen LogP contribution in [0.15, 0.2) is 16.9 Å². The first-order chi connectivity index (χ1) is 8.22. The van der Waals surface area contributed by atoms with E-state index in [9.17, 15) is 4.79 Å². The molecule has 17 heavy (non-hydrogen) atoms. The number of nitrogens with one attached hydrogen (secondary N) is 1. The number of H-pyrrole nitrogens is 1. The molecule has 0 bridgehead atoms. The van der Waals surface area contributed by atoms with E-state index in [1.54, 1.807) is 13.2 Å². The van der Waals surface area contributed by atoms with Crippen molar-refractivity contribution in [2.24, 2.45) is 0 Å². The van der Waals surface area contributed by atoms with Crippen molar-refractivity contribution < 1.29 is 9.47 Å². The summed E-state index contributed by atoms with van der Waals surface area (Å²) < 4.78 is 10.6. The van der Waals surface area contributed by atoms with Gasteiger partial charge in [0, 0.05) is 11.8 Å². The fourth-order valence-electron chi connectivity index (χ4n) is 2.20. The third kappa shape index (κ3) is 1.28. The molecule has 5 heteroatoms. The van der Waals surface area contributed by atoms with Crippen molar-refractivity contribution in [2.75, 3.05) is 19.5 Å². The number of hydrogen-bond donors (Lipinski definition) is 2. The normalized spacial score (nSPS) is 13.5. The van der Waals surface area contributed by atoms with Crippen LogP contribution in [0.5, 0.6) is 11.5 Å². The molecule has 0 atom stereocenters. The average Bonchev–Trinajstić information content (AvgIpc) is 2.81. The van der Waals surface area contributed by atoms with E-state index in [2.05, 4.69) is 4.98 Å². The Bertz CT molecular complexity index is 661. The second-order valence-electron chi connectivity index (χ2n) is 3.96. The van der Waals surface area contributed by atoms with Gasteiger partial charge in [-0.2, -0.15) is 0 Å². The Balaban J connectivity index is 2.45. The van der Waals surface area contributed by atoms with Gasteiger partial charge in [0.25, 0.3) is 5.56 Å². The van der Waals surface area contributed by atoms with Crippen molar-refractivity contribution in [3.05, 3.63) is 28.0 Å². The highest BCUT2D eigenvalue weighted by Gasteiger charge is 2.21. The van der Waals surface area contributed by atoms with E-state index >= 15 is 0 Å². The number of benzene rings is 1. The number of ether oxygens (including phenoxy) is 2. The topological polar surface area (TPSA) is 77.3 Å². The number of aromatic nitrogens is 1. The van der Waals surface area contributed by atoms with Crippen LogP contribution in [0.4, 0.5) is 5.69 Å². The molecule has 0 unspecified atom stereocenters. The zero-order valence-electron chi connectivity index (χ0n) is 9.37. The number of nitrogens with two attached hydrogens (primary N) is 1. The minimum atomic E-state index is -0.134. The third-order valence-electron chi connectivity index (χ3n) is 3.06. The fourth-order valence-corrected chi connectivity index (χ4v) is 2.20. The van der Waals surface area contributed by atoms with E-state index in [1.807, 2.05) is 6.07 Å². The Labute approximate surface area is 97.2 Å².